The standard InChI is InChI=1S/C23H30N4O3/c1-4-24-23(25-15-17(2)30-21-12-8-7-11-20(21)29-3)26-16-22(28)27-14-13-18-9-5-6-10-19(18)27/h5-12,17H,4,13-16H2,1-3H3,(H2,24,25,26). The van der Waals surface area contributed by atoms with Gasteiger partial charge in [0.2, 0.25) is 5.91 Å². The van der Waals surface area contributed by atoms with Crippen LogP contribution in [0.3, 0.4) is 0 Å². The number of nitrogens with zero attached hydrogens (tertiary/aromatic N) is 2. The van der Waals surface area contributed by atoms with Gasteiger partial charge in [-0.2, -0.15) is 0 Å². The quantitative estimate of drug-likeness (QED) is 0.517. The van der Waals surface area contributed by atoms with Crippen molar-refractivity contribution in [1.82, 2.24) is 10.6 Å². The molecule has 1 heterocycles. The van der Waals surface area contributed by atoms with Crippen molar-refractivity contribution in [2.45, 2.75) is 26.4 Å². The molecule has 0 aromatic heterocycles. The summed E-state index contributed by atoms with van der Waals surface area (Å²) in [6.07, 6.45) is 0.771. The lowest BCUT2D eigenvalue weighted by Gasteiger charge is -2.19. The summed E-state index contributed by atoms with van der Waals surface area (Å²) in [5.74, 6) is 1.98. The number of rotatable bonds is 8. The molecular formula is C23H30N4O3. The van der Waals surface area contributed by atoms with Gasteiger partial charge in [-0.1, -0.05) is 30.3 Å². The second-order valence-electron chi connectivity index (χ2n) is 7.08. The van der Waals surface area contributed by atoms with Gasteiger partial charge in [-0.05, 0) is 44.0 Å². The summed E-state index contributed by atoms with van der Waals surface area (Å²) >= 11 is 0. The fourth-order valence-corrected chi connectivity index (χ4v) is 3.39. The molecule has 2 aromatic carbocycles. The predicted octanol–water partition coefficient (Wildman–Crippen LogP) is 2.61. The molecule has 0 saturated carbocycles. The number of benzene rings is 2. The summed E-state index contributed by atoms with van der Waals surface area (Å²) in [6.45, 7) is 5.99. The van der Waals surface area contributed by atoms with Crippen molar-refractivity contribution in [3.8, 4) is 11.5 Å². The van der Waals surface area contributed by atoms with Crippen LogP contribution in [0.1, 0.15) is 19.4 Å². The van der Waals surface area contributed by atoms with Gasteiger partial charge in [0.1, 0.15) is 12.6 Å². The van der Waals surface area contributed by atoms with Crippen LogP contribution in [-0.2, 0) is 11.2 Å². The Bertz CT molecular complexity index is 884. The number of para-hydroxylation sites is 3. The Balaban J connectivity index is 1.55. The average molecular weight is 411 g/mol. The van der Waals surface area contributed by atoms with Crippen LogP contribution in [-0.4, -0.2) is 51.3 Å². The third-order valence-electron chi connectivity index (χ3n) is 4.86. The Kier molecular flexibility index (Phi) is 7.54. The van der Waals surface area contributed by atoms with Gasteiger partial charge in [-0.25, -0.2) is 4.99 Å². The highest BCUT2D eigenvalue weighted by atomic mass is 16.5. The van der Waals surface area contributed by atoms with Crippen LogP contribution in [0.4, 0.5) is 5.69 Å². The van der Waals surface area contributed by atoms with E-state index in [2.05, 4.69) is 21.7 Å². The molecule has 2 N–H and O–H groups in total. The second kappa shape index (κ2) is 10.5. The lowest BCUT2D eigenvalue weighted by molar-refractivity contribution is -0.117. The Morgan fingerprint density at radius 3 is 2.63 bits per heavy atom. The summed E-state index contributed by atoms with van der Waals surface area (Å²) in [5, 5.41) is 6.42. The molecule has 3 rings (SSSR count). The predicted molar refractivity (Wildman–Crippen MR) is 120 cm³/mol. The van der Waals surface area contributed by atoms with E-state index in [0.29, 0.717) is 37.1 Å². The largest absolute Gasteiger partial charge is 0.493 e. The van der Waals surface area contributed by atoms with Gasteiger partial charge in [0.15, 0.2) is 17.5 Å². The third-order valence-corrected chi connectivity index (χ3v) is 4.86. The number of ether oxygens (including phenoxy) is 2. The van der Waals surface area contributed by atoms with E-state index >= 15 is 0 Å². The van der Waals surface area contributed by atoms with Crippen LogP contribution in [0.25, 0.3) is 0 Å². The summed E-state index contributed by atoms with van der Waals surface area (Å²) < 4.78 is 11.3. The van der Waals surface area contributed by atoms with Gasteiger partial charge in [0.25, 0.3) is 0 Å². The van der Waals surface area contributed by atoms with Crippen LogP contribution in [0, 0.1) is 0 Å². The van der Waals surface area contributed by atoms with Crippen molar-refractivity contribution in [3.63, 3.8) is 0 Å². The maximum Gasteiger partial charge on any atom is 0.248 e. The van der Waals surface area contributed by atoms with Gasteiger partial charge in [-0.15, -0.1) is 0 Å². The molecule has 0 bridgehead atoms. The van der Waals surface area contributed by atoms with Gasteiger partial charge in [-0.3, -0.25) is 4.79 Å². The SMILES string of the molecule is CCNC(=NCC(=O)N1CCc2ccccc21)NCC(C)Oc1ccccc1OC. The Hall–Kier alpha value is -3.22. The van der Waals surface area contributed by atoms with Crippen LogP contribution in [0.2, 0.25) is 0 Å². The zero-order chi connectivity index (χ0) is 21.3. The minimum atomic E-state index is -0.119. The number of carbonyl (C=O) groups is 1. The van der Waals surface area contributed by atoms with E-state index in [1.54, 1.807) is 7.11 Å². The zero-order valence-electron chi connectivity index (χ0n) is 17.9. The van der Waals surface area contributed by atoms with Crippen LogP contribution >= 0.6 is 0 Å². The van der Waals surface area contributed by atoms with Gasteiger partial charge in [0.05, 0.1) is 13.7 Å². The number of aliphatic imine (C=N–C) groups is 1. The molecule has 1 amide bonds. The maximum atomic E-state index is 12.7. The molecule has 7 heteroatoms. The lowest BCUT2D eigenvalue weighted by atomic mass is 10.2. The molecule has 2 aromatic rings. The molecule has 0 aliphatic carbocycles. The first-order valence-electron chi connectivity index (χ1n) is 10.3. The molecule has 0 radical (unpaired) electrons. The van der Waals surface area contributed by atoms with Gasteiger partial charge >= 0.3 is 0 Å². The van der Waals surface area contributed by atoms with Crippen molar-refractivity contribution in [2.75, 3.05) is 38.2 Å². The number of carbonyl (C=O) groups excluding carboxylic acids is 1. The van der Waals surface area contributed by atoms with Crippen molar-refractivity contribution in [2.24, 2.45) is 4.99 Å². The summed E-state index contributed by atoms with van der Waals surface area (Å²) in [6, 6.07) is 15.6. The maximum absolute atomic E-state index is 12.7. The van der Waals surface area contributed by atoms with Gasteiger partial charge < -0.3 is 25.0 Å². The molecule has 30 heavy (non-hydrogen) atoms. The van der Waals surface area contributed by atoms with E-state index in [-0.39, 0.29) is 18.6 Å². The number of hydrogen-bond donors (Lipinski definition) is 2. The summed E-state index contributed by atoms with van der Waals surface area (Å²) in [4.78, 5) is 19.0. The molecular weight excluding hydrogens is 380 g/mol. The number of methoxy groups -OCH3 is 1. The Labute approximate surface area is 178 Å². The minimum absolute atomic E-state index is 0.00419. The van der Waals surface area contributed by atoms with E-state index in [4.69, 9.17) is 9.47 Å². The number of nitrogens with one attached hydrogen (secondary N) is 2. The number of guanidine groups is 1. The molecule has 0 spiro atoms. The molecule has 0 saturated heterocycles. The normalized spacial score (nSPS) is 14.1. The topological polar surface area (TPSA) is 75.2 Å². The Morgan fingerprint density at radius 2 is 1.87 bits per heavy atom. The highest BCUT2D eigenvalue weighted by Gasteiger charge is 2.23. The fraction of sp³-hybridized carbons (Fsp3) is 0.391. The van der Waals surface area contributed by atoms with Crippen LogP contribution in [0.5, 0.6) is 11.5 Å². The Morgan fingerprint density at radius 1 is 1.13 bits per heavy atom. The third kappa shape index (κ3) is 5.43. The zero-order valence-corrected chi connectivity index (χ0v) is 17.9. The molecule has 1 aliphatic heterocycles. The number of fused-ring (bicyclic) bond motifs is 1. The number of amides is 1. The molecule has 1 aliphatic rings. The molecule has 0 fully saturated rings. The second-order valence-corrected chi connectivity index (χ2v) is 7.08. The van der Waals surface area contributed by atoms with E-state index < -0.39 is 0 Å². The molecule has 1 atom stereocenters. The van der Waals surface area contributed by atoms with Crippen molar-refractivity contribution in [3.05, 3.63) is 54.1 Å². The molecule has 160 valence electrons. The lowest BCUT2D eigenvalue weighted by Crippen LogP contribution is -2.42. The van der Waals surface area contributed by atoms with E-state index in [1.807, 2.05) is 61.2 Å². The number of anilines is 1. The van der Waals surface area contributed by atoms with E-state index in [0.717, 1.165) is 12.1 Å². The van der Waals surface area contributed by atoms with Crippen LogP contribution < -0.4 is 25.0 Å². The average Bonchev–Trinajstić information content (AvgIpc) is 3.20. The van der Waals surface area contributed by atoms with E-state index in [1.165, 1.54) is 5.56 Å². The van der Waals surface area contributed by atoms with Crippen LogP contribution in [0.15, 0.2) is 53.5 Å². The first-order valence-corrected chi connectivity index (χ1v) is 10.3. The summed E-state index contributed by atoms with van der Waals surface area (Å²) in [5.41, 5.74) is 2.21. The molecule has 1 unspecified atom stereocenters. The smallest absolute Gasteiger partial charge is 0.248 e. The van der Waals surface area contributed by atoms with Crippen molar-refractivity contribution < 1.29 is 14.3 Å². The number of hydrogen-bond acceptors (Lipinski definition) is 4. The highest BCUT2D eigenvalue weighted by Crippen LogP contribution is 2.27. The van der Waals surface area contributed by atoms with Crippen molar-refractivity contribution >= 4 is 17.6 Å². The first kappa shape index (κ1) is 21.5. The van der Waals surface area contributed by atoms with Crippen molar-refractivity contribution in [1.29, 1.82) is 0 Å². The van der Waals surface area contributed by atoms with E-state index in [9.17, 15) is 4.79 Å². The monoisotopic (exact) mass is 410 g/mol. The first-order chi connectivity index (χ1) is 14.6. The molecule has 7 nitrogen and oxygen atoms in total. The minimum Gasteiger partial charge on any atom is -0.493 e. The summed E-state index contributed by atoms with van der Waals surface area (Å²) in [7, 11) is 1.62. The van der Waals surface area contributed by atoms with Gasteiger partial charge in [0, 0.05) is 18.8 Å². The fourth-order valence-electron chi connectivity index (χ4n) is 3.39. The highest BCUT2D eigenvalue weighted by molar-refractivity contribution is 5.98.